The van der Waals surface area contributed by atoms with Crippen LogP contribution in [0.25, 0.3) is 11.1 Å². The molecule has 110 valence electrons. The summed E-state index contributed by atoms with van der Waals surface area (Å²) in [5, 5.41) is 5.19. The van der Waals surface area contributed by atoms with Crippen molar-refractivity contribution in [2.45, 2.75) is 0 Å². The average molecular weight is 310 g/mol. The normalized spacial score (nSPS) is 10.2. The van der Waals surface area contributed by atoms with Gasteiger partial charge in [0, 0.05) is 17.1 Å². The van der Waals surface area contributed by atoms with Gasteiger partial charge in [-0.05, 0) is 35.4 Å². The molecule has 1 N–H and O–H groups in total. The second-order valence-corrected chi connectivity index (χ2v) is 5.49. The molecule has 3 aromatic rings. The van der Waals surface area contributed by atoms with Gasteiger partial charge in [0.1, 0.15) is 5.75 Å². The fourth-order valence-electron chi connectivity index (χ4n) is 2.05. The molecule has 1 amide bonds. The van der Waals surface area contributed by atoms with Gasteiger partial charge in [-0.25, -0.2) is 4.98 Å². The minimum atomic E-state index is -0.156. The molecule has 4 nitrogen and oxygen atoms in total. The molecule has 0 unspecified atom stereocenters. The van der Waals surface area contributed by atoms with Crippen LogP contribution in [-0.4, -0.2) is 18.0 Å². The maximum atomic E-state index is 12.1. The number of methoxy groups -OCH3 is 1. The fraction of sp³-hybridized carbons (Fsp3) is 0.0588. The highest BCUT2D eigenvalue weighted by atomic mass is 32.1. The van der Waals surface area contributed by atoms with Gasteiger partial charge >= 0.3 is 0 Å². The number of thiazole rings is 1. The summed E-state index contributed by atoms with van der Waals surface area (Å²) in [5.41, 5.74) is 2.73. The van der Waals surface area contributed by atoms with Gasteiger partial charge in [0.2, 0.25) is 0 Å². The van der Waals surface area contributed by atoms with E-state index in [4.69, 9.17) is 4.74 Å². The largest absolute Gasteiger partial charge is 0.497 e. The zero-order valence-electron chi connectivity index (χ0n) is 11.9. The topological polar surface area (TPSA) is 51.2 Å². The van der Waals surface area contributed by atoms with E-state index in [2.05, 4.69) is 10.3 Å². The number of nitrogens with zero attached hydrogens (tertiary/aromatic N) is 1. The van der Waals surface area contributed by atoms with Crippen LogP contribution in [0.4, 0.5) is 5.13 Å². The number of anilines is 1. The Morgan fingerprint density at radius 3 is 2.23 bits per heavy atom. The molecule has 0 aliphatic rings. The summed E-state index contributed by atoms with van der Waals surface area (Å²) < 4.78 is 5.15. The first-order valence-electron chi connectivity index (χ1n) is 6.71. The second-order valence-electron chi connectivity index (χ2n) is 4.60. The summed E-state index contributed by atoms with van der Waals surface area (Å²) in [5.74, 6) is 0.666. The lowest BCUT2D eigenvalue weighted by Crippen LogP contribution is -2.11. The molecule has 0 aliphatic carbocycles. The zero-order chi connectivity index (χ0) is 15.4. The number of hydrogen-bond acceptors (Lipinski definition) is 4. The third kappa shape index (κ3) is 3.15. The molecule has 3 rings (SSSR count). The second kappa shape index (κ2) is 6.41. The van der Waals surface area contributed by atoms with Crippen molar-refractivity contribution < 1.29 is 9.53 Å². The minimum Gasteiger partial charge on any atom is -0.497 e. The Kier molecular flexibility index (Phi) is 4.16. The van der Waals surface area contributed by atoms with Crippen LogP contribution in [0, 0.1) is 0 Å². The van der Waals surface area contributed by atoms with Crippen LogP contribution in [-0.2, 0) is 0 Å². The number of carbonyl (C=O) groups excluding carboxylic acids is 1. The van der Waals surface area contributed by atoms with Gasteiger partial charge in [-0.3, -0.25) is 10.1 Å². The van der Waals surface area contributed by atoms with E-state index in [1.807, 2.05) is 53.9 Å². The van der Waals surface area contributed by atoms with Crippen LogP contribution in [0.1, 0.15) is 10.4 Å². The number of rotatable bonds is 4. The zero-order valence-corrected chi connectivity index (χ0v) is 12.8. The number of amides is 1. The van der Waals surface area contributed by atoms with Crippen LogP contribution < -0.4 is 10.1 Å². The molecule has 0 aliphatic heterocycles. The highest BCUT2D eigenvalue weighted by molar-refractivity contribution is 7.13. The van der Waals surface area contributed by atoms with Crippen molar-refractivity contribution in [2.24, 2.45) is 0 Å². The number of ether oxygens (including phenoxy) is 1. The molecule has 0 bridgehead atoms. The quantitative estimate of drug-likeness (QED) is 0.790. The molecule has 0 saturated heterocycles. The van der Waals surface area contributed by atoms with Crippen molar-refractivity contribution in [3.8, 4) is 16.9 Å². The number of nitrogens with one attached hydrogen (secondary N) is 1. The maximum Gasteiger partial charge on any atom is 0.257 e. The van der Waals surface area contributed by atoms with E-state index in [1.54, 1.807) is 13.3 Å². The summed E-state index contributed by atoms with van der Waals surface area (Å²) in [6.45, 7) is 0. The number of hydrogen-bond donors (Lipinski definition) is 1. The van der Waals surface area contributed by atoms with E-state index < -0.39 is 0 Å². The molecule has 0 fully saturated rings. The Balaban J connectivity index is 1.75. The van der Waals surface area contributed by atoms with Gasteiger partial charge in [-0.15, -0.1) is 11.3 Å². The number of carbonyl (C=O) groups is 1. The van der Waals surface area contributed by atoms with Gasteiger partial charge in [0.15, 0.2) is 5.13 Å². The van der Waals surface area contributed by atoms with Crippen molar-refractivity contribution in [2.75, 3.05) is 12.4 Å². The average Bonchev–Trinajstić information content (AvgIpc) is 3.08. The number of benzene rings is 2. The van der Waals surface area contributed by atoms with E-state index in [9.17, 15) is 4.79 Å². The molecule has 0 radical (unpaired) electrons. The van der Waals surface area contributed by atoms with Gasteiger partial charge < -0.3 is 4.74 Å². The lowest BCUT2D eigenvalue weighted by atomic mass is 10.0. The Morgan fingerprint density at radius 1 is 1.05 bits per heavy atom. The van der Waals surface area contributed by atoms with E-state index >= 15 is 0 Å². The van der Waals surface area contributed by atoms with Crippen molar-refractivity contribution >= 4 is 22.4 Å². The van der Waals surface area contributed by atoms with Crippen LogP contribution >= 0.6 is 11.3 Å². The number of aromatic nitrogens is 1. The van der Waals surface area contributed by atoms with Crippen molar-refractivity contribution in [3.05, 3.63) is 65.7 Å². The lowest BCUT2D eigenvalue weighted by Gasteiger charge is -2.06. The summed E-state index contributed by atoms with van der Waals surface area (Å²) in [4.78, 5) is 16.1. The Hall–Kier alpha value is -2.66. The highest BCUT2D eigenvalue weighted by Gasteiger charge is 2.07. The third-order valence-electron chi connectivity index (χ3n) is 3.22. The van der Waals surface area contributed by atoms with Gasteiger partial charge in [0.05, 0.1) is 7.11 Å². The molecule has 0 spiro atoms. The van der Waals surface area contributed by atoms with Crippen molar-refractivity contribution in [1.82, 2.24) is 4.98 Å². The first-order chi connectivity index (χ1) is 10.8. The molecule has 5 heteroatoms. The Morgan fingerprint density at radius 2 is 1.68 bits per heavy atom. The molecule has 0 atom stereocenters. The predicted molar refractivity (Wildman–Crippen MR) is 88.5 cm³/mol. The van der Waals surface area contributed by atoms with E-state index in [0.717, 1.165) is 16.9 Å². The summed E-state index contributed by atoms with van der Waals surface area (Å²) >= 11 is 1.39. The molecule has 0 saturated carbocycles. The summed E-state index contributed by atoms with van der Waals surface area (Å²) in [6, 6.07) is 15.3. The highest BCUT2D eigenvalue weighted by Crippen LogP contribution is 2.23. The van der Waals surface area contributed by atoms with Gasteiger partial charge in [0.25, 0.3) is 5.91 Å². The van der Waals surface area contributed by atoms with E-state index in [-0.39, 0.29) is 5.91 Å². The first-order valence-corrected chi connectivity index (χ1v) is 7.59. The Labute approximate surface area is 132 Å². The maximum absolute atomic E-state index is 12.1. The molecular weight excluding hydrogens is 296 g/mol. The molecular formula is C17H14N2O2S. The third-order valence-corrected chi connectivity index (χ3v) is 3.91. The summed E-state index contributed by atoms with van der Waals surface area (Å²) in [6.07, 6.45) is 1.66. The Bertz CT molecular complexity index is 750. The monoisotopic (exact) mass is 310 g/mol. The molecule has 1 heterocycles. The molecule has 2 aromatic carbocycles. The van der Waals surface area contributed by atoms with Gasteiger partial charge in [-0.1, -0.05) is 24.3 Å². The predicted octanol–water partition coefficient (Wildman–Crippen LogP) is 4.07. The van der Waals surface area contributed by atoms with Crippen LogP contribution in [0.15, 0.2) is 60.1 Å². The minimum absolute atomic E-state index is 0.156. The van der Waals surface area contributed by atoms with Crippen LogP contribution in [0.3, 0.4) is 0 Å². The fourth-order valence-corrected chi connectivity index (χ4v) is 2.58. The first kappa shape index (κ1) is 14.3. The van der Waals surface area contributed by atoms with Gasteiger partial charge in [-0.2, -0.15) is 0 Å². The van der Waals surface area contributed by atoms with Crippen LogP contribution in [0.5, 0.6) is 5.75 Å². The molecule has 1 aromatic heterocycles. The van der Waals surface area contributed by atoms with E-state index in [1.165, 1.54) is 11.3 Å². The molecule has 22 heavy (non-hydrogen) atoms. The smallest absolute Gasteiger partial charge is 0.257 e. The van der Waals surface area contributed by atoms with Crippen molar-refractivity contribution in [1.29, 1.82) is 0 Å². The van der Waals surface area contributed by atoms with Crippen LogP contribution in [0.2, 0.25) is 0 Å². The van der Waals surface area contributed by atoms with Crippen molar-refractivity contribution in [3.63, 3.8) is 0 Å². The van der Waals surface area contributed by atoms with E-state index in [0.29, 0.717) is 10.7 Å². The SMILES string of the molecule is COc1ccc(-c2ccc(C(=O)Nc3nccs3)cc2)cc1. The summed E-state index contributed by atoms with van der Waals surface area (Å²) in [7, 11) is 1.64. The standard InChI is InChI=1S/C17H14N2O2S/c1-21-15-8-6-13(7-9-15)12-2-4-14(5-3-12)16(20)19-17-18-10-11-22-17/h2-11H,1H3,(H,18,19,20). The lowest BCUT2D eigenvalue weighted by molar-refractivity contribution is 0.102.